The van der Waals surface area contributed by atoms with Crippen molar-refractivity contribution in [3.63, 3.8) is 0 Å². The van der Waals surface area contributed by atoms with E-state index in [2.05, 4.69) is 15.5 Å². The van der Waals surface area contributed by atoms with Gasteiger partial charge in [-0.15, -0.1) is 0 Å². The molecule has 134 valence electrons. The third-order valence-electron chi connectivity index (χ3n) is 4.13. The van der Waals surface area contributed by atoms with Crippen molar-refractivity contribution in [2.24, 2.45) is 0 Å². The fourth-order valence-electron chi connectivity index (χ4n) is 2.93. The highest BCUT2D eigenvalue weighted by atomic mass is 32.2. The van der Waals surface area contributed by atoms with E-state index in [1.54, 1.807) is 30.0 Å². The molecule has 1 aliphatic rings. The summed E-state index contributed by atoms with van der Waals surface area (Å²) < 4.78 is 28.4. The quantitative estimate of drug-likeness (QED) is 0.862. The number of carbonyl (C=O) groups is 1. The molecule has 1 amide bonds. The Morgan fingerprint density at radius 3 is 2.84 bits per heavy atom. The van der Waals surface area contributed by atoms with Crippen LogP contribution < -0.4 is 5.32 Å². The molecule has 9 heteroatoms. The van der Waals surface area contributed by atoms with Crippen molar-refractivity contribution in [2.45, 2.75) is 26.3 Å². The molecule has 25 heavy (non-hydrogen) atoms. The van der Waals surface area contributed by atoms with Gasteiger partial charge in [-0.3, -0.25) is 9.78 Å². The number of aryl methyl sites for hydroxylation is 1. The zero-order chi connectivity index (χ0) is 18.0. The number of amides is 1. The number of aromatic nitrogens is 2. The lowest BCUT2D eigenvalue weighted by atomic mass is 10.2. The number of carbonyl (C=O) groups excluding carboxylic acids is 1. The van der Waals surface area contributed by atoms with Crippen LogP contribution in [0, 0.1) is 6.92 Å². The molecule has 0 saturated carbocycles. The molecular weight excluding hydrogens is 344 g/mol. The van der Waals surface area contributed by atoms with Crippen LogP contribution in [0.2, 0.25) is 0 Å². The molecule has 3 rings (SSSR count). The van der Waals surface area contributed by atoms with E-state index in [-0.39, 0.29) is 29.1 Å². The van der Waals surface area contributed by atoms with Crippen LogP contribution in [0.5, 0.6) is 0 Å². The molecule has 3 heterocycles. The van der Waals surface area contributed by atoms with Crippen molar-refractivity contribution in [3.05, 3.63) is 35.9 Å². The number of hydrogen-bond donors (Lipinski definition) is 1. The molecule has 1 unspecified atom stereocenters. The summed E-state index contributed by atoms with van der Waals surface area (Å²) in [5.41, 5.74) is 0.915. The number of nitrogens with one attached hydrogen (secondary N) is 1. The number of sulfone groups is 1. The molecule has 1 saturated heterocycles. The van der Waals surface area contributed by atoms with Gasteiger partial charge in [-0.25, -0.2) is 8.42 Å². The molecule has 8 nitrogen and oxygen atoms in total. The molecule has 2 aromatic rings. The number of rotatable bonds is 5. The number of hydrogen-bond acceptors (Lipinski definition) is 7. The van der Waals surface area contributed by atoms with Crippen LogP contribution in [-0.2, 0) is 9.84 Å². The Morgan fingerprint density at radius 1 is 1.44 bits per heavy atom. The normalized spacial score (nSPS) is 18.9. The van der Waals surface area contributed by atoms with E-state index in [4.69, 9.17) is 4.52 Å². The maximum absolute atomic E-state index is 12.8. The Balaban J connectivity index is 1.78. The molecule has 1 aliphatic heterocycles. The van der Waals surface area contributed by atoms with E-state index in [9.17, 15) is 13.2 Å². The SMILES string of the molecule is CCN(C(=O)c1cc(Nc2cc(C)on2)ccn1)C1CCS(=O)(=O)C1. The maximum atomic E-state index is 12.8. The van der Waals surface area contributed by atoms with Gasteiger partial charge in [-0.05, 0) is 32.4 Å². The van der Waals surface area contributed by atoms with E-state index < -0.39 is 9.84 Å². The first kappa shape index (κ1) is 17.4. The minimum Gasteiger partial charge on any atom is -0.360 e. The number of pyridine rings is 1. The third-order valence-corrected chi connectivity index (χ3v) is 5.88. The Kier molecular flexibility index (Phi) is 4.76. The minimum absolute atomic E-state index is 0.0166. The first-order valence-corrected chi connectivity index (χ1v) is 9.88. The lowest BCUT2D eigenvalue weighted by Crippen LogP contribution is -2.41. The van der Waals surface area contributed by atoms with Gasteiger partial charge in [0.25, 0.3) is 5.91 Å². The molecule has 0 bridgehead atoms. The van der Waals surface area contributed by atoms with Crippen molar-refractivity contribution in [2.75, 3.05) is 23.4 Å². The maximum Gasteiger partial charge on any atom is 0.272 e. The topological polar surface area (TPSA) is 105 Å². The highest BCUT2D eigenvalue weighted by Crippen LogP contribution is 2.21. The van der Waals surface area contributed by atoms with Crippen LogP contribution in [0.4, 0.5) is 11.5 Å². The average molecular weight is 364 g/mol. The molecular formula is C16H20N4O4S. The predicted molar refractivity (Wildman–Crippen MR) is 92.5 cm³/mol. The van der Waals surface area contributed by atoms with Gasteiger partial charge in [0.1, 0.15) is 11.5 Å². The van der Waals surface area contributed by atoms with Gasteiger partial charge in [0, 0.05) is 30.5 Å². The van der Waals surface area contributed by atoms with Gasteiger partial charge in [0.05, 0.1) is 11.5 Å². The van der Waals surface area contributed by atoms with Crippen molar-refractivity contribution in [1.82, 2.24) is 15.0 Å². The monoisotopic (exact) mass is 364 g/mol. The van der Waals surface area contributed by atoms with Crippen LogP contribution in [0.1, 0.15) is 29.6 Å². The highest BCUT2D eigenvalue weighted by Gasteiger charge is 2.34. The molecule has 1 N–H and O–H groups in total. The lowest BCUT2D eigenvalue weighted by molar-refractivity contribution is 0.0702. The third kappa shape index (κ3) is 3.98. The Hall–Kier alpha value is -2.42. The number of nitrogens with zero attached hydrogens (tertiary/aromatic N) is 3. The standard InChI is InChI=1S/C16H20N4O4S/c1-3-20(13-5-7-25(22,23)10-13)16(21)14-9-12(4-6-17-14)18-15-8-11(2)24-19-15/h4,6,8-9,13H,3,5,7,10H2,1-2H3,(H,17,18,19). The molecule has 2 aromatic heterocycles. The fourth-order valence-corrected chi connectivity index (χ4v) is 4.67. The van der Waals surface area contributed by atoms with E-state index in [1.165, 1.54) is 6.20 Å². The van der Waals surface area contributed by atoms with Crippen molar-refractivity contribution < 1.29 is 17.7 Å². The van der Waals surface area contributed by atoms with Crippen LogP contribution in [-0.4, -0.2) is 53.5 Å². The first-order valence-electron chi connectivity index (χ1n) is 8.06. The van der Waals surface area contributed by atoms with Crippen LogP contribution in [0.3, 0.4) is 0 Å². The summed E-state index contributed by atoms with van der Waals surface area (Å²) in [5, 5.41) is 6.90. The van der Waals surface area contributed by atoms with Crippen LogP contribution in [0.25, 0.3) is 0 Å². The molecule has 0 aromatic carbocycles. The molecule has 1 atom stereocenters. The zero-order valence-corrected chi connectivity index (χ0v) is 14.9. The van der Waals surface area contributed by atoms with E-state index in [1.807, 2.05) is 6.92 Å². The van der Waals surface area contributed by atoms with E-state index in [0.717, 1.165) is 0 Å². The van der Waals surface area contributed by atoms with E-state index in [0.29, 0.717) is 30.2 Å². The van der Waals surface area contributed by atoms with Crippen LogP contribution >= 0.6 is 0 Å². The lowest BCUT2D eigenvalue weighted by Gasteiger charge is -2.26. The summed E-state index contributed by atoms with van der Waals surface area (Å²) >= 11 is 0. The van der Waals surface area contributed by atoms with Gasteiger partial charge in [0.15, 0.2) is 15.7 Å². The summed E-state index contributed by atoms with van der Waals surface area (Å²) in [6.45, 7) is 4.05. The second kappa shape index (κ2) is 6.83. The molecule has 0 aliphatic carbocycles. The fraction of sp³-hybridized carbons (Fsp3) is 0.438. The average Bonchev–Trinajstić information content (AvgIpc) is 3.13. The summed E-state index contributed by atoms with van der Waals surface area (Å²) in [7, 11) is -3.06. The predicted octanol–water partition coefficient (Wildman–Crippen LogP) is 1.77. The Morgan fingerprint density at radius 2 is 2.24 bits per heavy atom. The molecule has 0 radical (unpaired) electrons. The van der Waals surface area contributed by atoms with Crippen LogP contribution in [0.15, 0.2) is 28.9 Å². The van der Waals surface area contributed by atoms with Gasteiger partial charge < -0.3 is 14.7 Å². The second-order valence-electron chi connectivity index (χ2n) is 6.03. The second-order valence-corrected chi connectivity index (χ2v) is 8.25. The van der Waals surface area contributed by atoms with Crippen molar-refractivity contribution in [1.29, 1.82) is 0 Å². The summed E-state index contributed by atoms with van der Waals surface area (Å²) in [5.74, 6) is 1.08. The van der Waals surface area contributed by atoms with Crippen molar-refractivity contribution in [3.8, 4) is 0 Å². The number of anilines is 2. The Labute approximate surface area is 146 Å². The van der Waals surface area contributed by atoms with Gasteiger partial charge in [-0.1, -0.05) is 5.16 Å². The van der Waals surface area contributed by atoms with Gasteiger partial charge >= 0.3 is 0 Å². The highest BCUT2D eigenvalue weighted by molar-refractivity contribution is 7.91. The molecule has 1 fully saturated rings. The summed E-state index contributed by atoms with van der Waals surface area (Å²) in [4.78, 5) is 18.5. The van der Waals surface area contributed by atoms with Crippen molar-refractivity contribution >= 4 is 27.2 Å². The Bertz CT molecular complexity index is 878. The zero-order valence-electron chi connectivity index (χ0n) is 14.1. The first-order chi connectivity index (χ1) is 11.9. The summed E-state index contributed by atoms with van der Waals surface area (Å²) in [6, 6.07) is 4.79. The minimum atomic E-state index is -3.06. The smallest absolute Gasteiger partial charge is 0.272 e. The van der Waals surface area contributed by atoms with Gasteiger partial charge in [-0.2, -0.15) is 0 Å². The largest absolute Gasteiger partial charge is 0.360 e. The van der Waals surface area contributed by atoms with E-state index >= 15 is 0 Å². The van der Waals surface area contributed by atoms with Gasteiger partial charge in [0.2, 0.25) is 0 Å². The summed E-state index contributed by atoms with van der Waals surface area (Å²) in [6.07, 6.45) is 2.00. The molecule has 0 spiro atoms.